The Morgan fingerprint density at radius 2 is 1.77 bits per heavy atom. The summed E-state index contributed by atoms with van der Waals surface area (Å²) >= 11 is 0. The van der Waals surface area contributed by atoms with Gasteiger partial charge in [-0.1, -0.05) is 36.4 Å². The van der Waals surface area contributed by atoms with Gasteiger partial charge in [0.25, 0.3) is 11.8 Å². The summed E-state index contributed by atoms with van der Waals surface area (Å²) < 4.78 is 5.09. The Balaban J connectivity index is 1.62. The molecule has 0 aliphatic carbocycles. The summed E-state index contributed by atoms with van der Waals surface area (Å²) in [6.07, 6.45) is 2.21. The van der Waals surface area contributed by atoms with E-state index in [1.807, 2.05) is 43.3 Å². The normalized spacial score (nSPS) is 10.3. The Hall–Kier alpha value is -3.34. The standard InChI is InChI=1S/C21H20N2O3/c1-15-9-10-17(14-18(15)23-21(25)19-8-5-13-26-19)20(24)22-12-11-16-6-3-2-4-7-16/h2-10,13-14H,11-12H2,1H3,(H,22,24)(H,23,25). The van der Waals surface area contributed by atoms with Crippen molar-refractivity contribution in [3.05, 3.63) is 89.4 Å². The maximum atomic E-state index is 12.4. The molecule has 2 N–H and O–H groups in total. The lowest BCUT2D eigenvalue weighted by molar-refractivity contribution is 0.0952. The predicted molar refractivity (Wildman–Crippen MR) is 100 cm³/mol. The zero-order valence-corrected chi connectivity index (χ0v) is 14.5. The molecule has 3 aromatic rings. The number of benzene rings is 2. The highest BCUT2D eigenvalue weighted by Crippen LogP contribution is 2.18. The molecule has 26 heavy (non-hydrogen) atoms. The molecule has 1 heterocycles. The van der Waals surface area contributed by atoms with Gasteiger partial charge in [-0.15, -0.1) is 0 Å². The van der Waals surface area contributed by atoms with Crippen LogP contribution in [0.5, 0.6) is 0 Å². The molecule has 0 radical (unpaired) electrons. The van der Waals surface area contributed by atoms with Crippen molar-refractivity contribution in [3.63, 3.8) is 0 Å². The van der Waals surface area contributed by atoms with Crippen molar-refractivity contribution in [3.8, 4) is 0 Å². The zero-order valence-electron chi connectivity index (χ0n) is 14.5. The fourth-order valence-electron chi connectivity index (χ4n) is 2.56. The minimum absolute atomic E-state index is 0.172. The van der Waals surface area contributed by atoms with Gasteiger partial charge < -0.3 is 15.1 Å². The summed E-state index contributed by atoms with van der Waals surface area (Å²) in [5, 5.41) is 5.68. The lowest BCUT2D eigenvalue weighted by Crippen LogP contribution is -2.26. The van der Waals surface area contributed by atoms with Crippen LogP contribution in [0.3, 0.4) is 0 Å². The number of nitrogens with one attached hydrogen (secondary N) is 2. The van der Waals surface area contributed by atoms with Gasteiger partial charge in [0.05, 0.1) is 6.26 Å². The lowest BCUT2D eigenvalue weighted by atomic mass is 10.1. The molecular weight excluding hydrogens is 328 g/mol. The minimum atomic E-state index is -0.347. The van der Waals surface area contributed by atoms with E-state index in [2.05, 4.69) is 10.6 Å². The lowest BCUT2D eigenvalue weighted by Gasteiger charge is -2.10. The number of carbonyl (C=O) groups excluding carboxylic acids is 2. The second kappa shape index (κ2) is 8.16. The highest BCUT2D eigenvalue weighted by atomic mass is 16.3. The average Bonchev–Trinajstić information content (AvgIpc) is 3.19. The maximum Gasteiger partial charge on any atom is 0.291 e. The van der Waals surface area contributed by atoms with E-state index in [0.717, 1.165) is 12.0 Å². The molecule has 0 bridgehead atoms. The summed E-state index contributed by atoms with van der Waals surface area (Å²) in [5.74, 6) is -0.295. The number of furan rings is 1. The Morgan fingerprint density at radius 1 is 0.962 bits per heavy atom. The number of carbonyl (C=O) groups is 2. The Kier molecular flexibility index (Phi) is 5.49. The fraction of sp³-hybridized carbons (Fsp3) is 0.143. The first kappa shape index (κ1) is 17.5. The van der Waals surface area contributed by atoms with Gasteiger partial charge in [-0.3, -0.25) is 9.59 Å². The number of rotatable bonds is 6. The van der Waals surface area contributed by atoms with Gasteiger partial charge in [0.15, 0.2) is 5.76 Å². The molecule has 0 aliphatic rings. The van der Waals surface area contributed by atoms with Crippen molar-refractivity contribution in [2.75, 3.05) is 11.9 Å². The van der Waals surface area contributed by atoms with E-state index in [-0.39, 0.29) is 17.6 Å². The molecule has 3 rings (SSSR count). The minimum Gasteiger partial charge on any atom is -0.459 e. The van der Waals surface area contributed by atoms with Gasteiger partial charge in [-0.25, -0.2) is 0 Å². The van der Waals surface area contributed by atoms with Crippen LogP contribution in [-0.2, 0) is 6.42 Å². The van der Waals surface area contributed by atoms with E-state index >= 15 is 0 Å². The van der Waals surface area contributed by atoms with Gasteiger partial charge in [0.2, 0.25) is 0 Å². The van der Waals surface area contributed by atoms with Crippen molar-refractivity contribution in [1.82, 2.24) is 5.32 Å². The topological polar surface area (TPSA) is 71.3 Å². The highest BCUT2D eigenvalue weighted by Gasteiger charge is 2.13. The summed E-state index contributed by atoms with van der Waals surface area (Å²) in [5.41, 5.74) is 3.12. The van der Waals surface area contributed by atoms with E-state index in [1.54, 1.807) is 24.3 Å². The van der Waals surface area contributed by atoms with Gasteiger partial charge in [0, 0.05) is 17.8 Å². The van der Waals surface area contributed by atoms with Crippen LogP contribution in [-0.4, -0.2) is 18.4 Å². The van der Waals surface area contributed by atoms with Crippen molar-refractivity contribution in [2.24, 2.45) is 0 Å². The quantitative estimate of drug-likeness (QED) is 0.711. The van der Waals surface area contributed by atoms with Crippen molar-refractivity contribution in [2.45, 2.75) is 13.3 Å². The van der Waals surface area contributed by atoms with Crippen LogP contribution in [0.15, 0.2) is 71.3 Å². The summed E-state index contributed by atoms with van der Waals surface area (Å²) in [6, 6.07) is 18.4. The predicted octanol–water partition coefficient (Wildman–Crippen LogP) is 3.81. The Morgan fingerprint density at radius 3 is 2.50 bits per heavy atom. The number of amides is 2. The van der Waals surface area contributed by atoms with Gasteiger partial charge in [-0.2, -0.15) is 0 Å². The summed E-state index contributed by atoms with van der Waals surface area (Å²) in [6.45, 7) is 2.42. The number of anilines is 1. The number of hydrogen-bond acceptors (Lipinski definition) is 3. The number of aryl methyl sites for hydroxylation is 1. The van der Waals surface area contributed by atoms with Crippen LogP contribution < -0.4 is 10.6 Å². The summed E-state index contributed by atoms with van der Waals surface area (Å²) in [7, 11) is 0. The molecule has 5 heteroatoms. The van der Waals surface area contributed by atoms with Crippen LogP contribution in [0, 0.1) is 6.92 Å². The third kappa shape index (κ3) is 4.39. The highest BCUT2D eigenvalue weighted by molar-refractivity contribution is 6.03. The van der Waals surface area contributed by atoms with E-state index in [1.165, 1.54) is 11.8 Å². The molecule has 0 saturated carbocycles. The van der Waals surface area contributed by atoms with Crippen LogP contribution in [0.1, 0.15) is 32.0 Å². The largest absolute Gasteiger partial charge is 0.459 e. The molecule has 5 nitrogen and oxygen atoms in total. The molecule has 2 aromatic carbocycles. The molecule has 2 amide bonds. The molecule has 132 valence electrons. The molecule has 0 fully saturated rings. The molecular formula is C21H20N2O3. The molecule has 0 unspecified atom stereocenters. The average molecular weight is 348 g/mol. The fourth-order valence-corrected chi connectivity index (χ4v) is 2.56. The SMILES string of the molecule is Cc1ccc(C(=O)NCCc2ccccc2)cc1NC(=O)c1ccco1. The van der Waals surface area contributed by atoms with Crippen LogP contribution in [0.25, 0.3) is 0 Å². The third-order valence-corrected chi connectivity index (χ3v) is 4.03. The first-order valence-electron chi connectivity index (χ1n) is 8.41. The smallest absolute Gasteiger partial charge is 0.291 e. The number of hydrogen-bond donors (Lipinski definition) is 2. The monoisotopic (exact) mass is 348 g/mol. The van der Waals surface area contributed by atoms with Crippen molar-refractivity contribution in [1.29, 1.82) is 0 Å². The van der Waals surface area contributed by atoms with Crippen molar-refractivity contribution >= 4 is 17.5 Å². The Labute approximate surface area is 152 Å². The van der Waals surface area contributed by atoms with Crippen LogP contribution in [0.2, 0.25) is 0 Å². The van der Waals surface area contributed by atoms with Gasteiger partial charge in [0.1, 0.15) is 0 Å². The molecule has 1 aromatic heterocycles. The molecule has 0 spiro atoms. The first-order valence-corrected chi connectivity index (χ1v) is 8.41. The van der Waals surface area contributed by atoms with Crippen LogP contribution >= 0.6 is 0 Å². The maximum absolute atomic E-state index is 12.4. The second-order valence-electron chi connectivity index (χ2n) is 5.95. The first-order chi connectivity index (χ1) is 12.6. The Bertz CT molecular complexity index is 887. The molecule has 0 atom stereocenters. The van der Waals surface area contributed by atoms with Gasteiger partial charge >= 0.3 is 0 Å². The third-order valence-electron chi connectivity index (χ3n) is 4.03. The molecule has 0 saturated heterocycles. The van der Waals surface area contributed by atoms with Gasteiger partial charge in [-0.05, 0) is 48.7 Å². The van der Waals surface area contributed by atoms with E-state index < -0.39 is 0 Å². The van der Waals surface area contributed by atoms with Crippen LogP contribution in [0.4, 0.5) is 5.69 Å². The summed E-state index contributed by atoms with van der Waals surface area (Å²) in [4.78, 5) is 24.5. The van der Waals surface area contributed by atoms with Crippen molar-refractivity contribution < 1.29 is 14.0 Å². The zero-order chi connectivity index (χ0) is 18.4. The van der Waals surface area contributed by atoms with E-state index in [9.17, 15) is 9.59 Å². The second-order valence-corrected chi connectivity index (χ2v) is 5.95. The molecule has 0 aliphatic heterocycles. The van der Waals surface area contributed by atoms with E-state index in [0.29, 0.717) is 17.8 Å². The van der Waals surface area contributed by atoms with E-state index in [4.69, 9.17) is 4.42 Å².